The highest BCUT2D eigenvalue weighted by molar-refractivity contribution is 7.22. The fraction of sp³-hybridized carbons (Fsp3) is 0.205. The molecule has 0 saturated carbocycles. The summed E-state index contributed by atoms with van der Waals surface area (Å²) in [5.74, 6) is 0. The van der Waals surface area contributed by atoms with E-state index in [0.717, 1.165) is 84.1 Å². The highest BCUT2D eigenvalue weighted by Crippen LogP contribution is 2.47. The van der Waals surface area contributed by atoms with Crippen LogP contribution in [0.15, 0.2) is 72.8 Å². The maximum atomic E-state index is 9.29. The van der Waals surface area contributed by atoms with Gasteiger partial charge in [0.1, 0.15) is 22.1 Å². The van der Waals surface area contributed by atoms with Crippen LogP contribution in [0, 0.1) is 11.5 Å². The van der Waals surface area contributed by atoms with Crippen LogP contribution in [0.3, 0.4) is 0 Å². The Bertz CT molecular complexity index is 2580. The van der Waals surface area contributed by atoms with Crippen LogP contribution in [0.5, 0.6) is 0 Å². The quantitative estimate of drug-likeness (QED) is 0.115. The van der Waals surface area contributed by atoms with Gasteiger partial charge < -0.3 is 9.47 Å². The lowest BCUT2D eigenvalue weighted by Crippen LogP contribution is -2.07. The number of anilines is 2. The first-order valence-corrected chi connectivity index (χ1v) is 18.8. The second-order valence-corrected chi connectivity index (χ2v) is 15.2. The summed E-state index contributed by atoms with van der Waals surface area (Å²) in [5, 5.41) is 9.29. The molecule has 248 valence electrons. The van der Waals surface area contributed by atoms with Crippen molar-refractivity contribution in [3.05, 3.63) is 84.2 Å². The minimum absolute atomic E-state index is 0.797. The van der Waals surface area contributed by atoms with Crippen LogP contribution in [0.25, 0.3) is 74.9 Å². The molecule has 3 aromatic carbocycles. The summed E-state index contributed by atoms with van der Waals surface area (Å²) >= 11 is 4.75. The number of nitrogens with zero attached hydrogens (tertiary/aromatic N) is 8. The Balaban J connectivity index is 1.30. The monoisotopic (exact) mass is 710 g/mol. The van der Waals surface area contributed by atoms with Crippen molar-refractivity contribution in [1.82, 2.24) is 23.3 Å². The fourth-order valence-electron chi connectivity index (χ4n) is 6.59. The largest absolute Gasteiger partial charge is 0.378 e. The van der Waals surface area contributed by atoms with Crippen molar-refractivity contribution in [2.75, 3.05) is 30.9 Å². The fourth-order valence-corrected chi connectivity index (χ4v) is 9.34. The van der Waals surface area contributed by atoms with Crippen molar-refractivity contribution in [1.29, 1.82) is 5.26 Å². The van der Waals surface area contributed by atoms with E-state index in [-0.39, 0.29) is 0 Å². The van der Waals surface area contributed by atoms with Crippen LogP contribution in [0.2, 0.25) is 0 Å². The van der Waals surface area contributed by atoms with Crippen molar-refractivity contribution in [3.63, 3.8) is 0 Å². The number of nitriles is 1. The van der Waals surface area contributed by atoms with E-state index in [0.29, 0.717) is 0 Å². The zero-order chi connectivity index (χ0) is 34.7. The Morgan fingerprint density at radius 1 is 0.680 bits per heavy atom. The van der Waals surface area contributed by atoms with Crippen molar-refractivity contribution in [3.8, 4) is 48.8 Å². The Labute approximate surface area is 302 Å². The predicted octanol–water partition coefficient (Wildman–Crippen LogP) is 10.0. The average molecular weight is 711 g/mol. The Morgan fingerprint density at radius 3 is 1.86 bits per heavy atom. The molecule has 11 heteroatoms. The summed E-state index contributed by atoms with van der Waals surface area (Å²) in [5.41, 5.74) is 14.0. The van der Waals surface area contributed by atoms with Crippen LogP contribution in [-0.4, -0.2) is 44.4 Å². The molecule has 0 N–H and O–H groups in total. The normalized spacial score (nSPS) is 11.5. The molecule has 0 radical (unpaired) electrons. The molecule has 5 aromatic heterocycles. The molecular formula is C39H34N8S3. The van der Waals surface area contributed by atoms with E-state index >= 15 is 0 Å². The van der Waals surface area contributed by atoms with Crippen molar-refractivity contribution in [2.45, 2.75) is 26.7 Å². The van der Waals surface area contributed by atoms with E-state index in [9.17, 15) is 5.26 Å². The third-order valence-corrected chi connectivity index (χ3v) is 12.2. The van der Waals surface area contributed by atoms with Gasteiger partial charge in [-0.25, -0.2) is 9.97 Å². The molecule has 0 unspecified atom stereocenters. The average Bonchev–Trinajstić information content (AvgIpc) is 3.96. The first-order chi connectivity index (χ1) is 24.3. The third kappa shape index (κ3) is 5.22. The van der Waals surface area contributed by atoms with Gasteiger partial charge >= 0.3 is 0 Å². The molecule has 0 aliphatic heterocycles. The van der Waals surface area contributed by atoms with Gasteiger partial charge in [0.05, 0.1) is 50.3 Å². The van der Waals surface area contributed by atoms with Crippen LogP contribution in [0.1, 0.15) is 25.2 Å². The first kappa shape index (κ1) is 32.1. The standard InChI is InChI=1S/C39H34N8S3/c1-7-26-27(8-2)42-37-35(31-18-17-30(48-31)22-11-15-25(16-12-22)46(5)21-40)39-38(43-50-44-39)34(36(37)41-26)29-20-33-28(47(29)6)19-32(49-33)23-9-13-24(14-10-23)45(3)4/h9-20H,7-8H2,1-6H3. The van der Waals surface area contributed by atoms with Gasteiger partial charge in [-0.1, -0.05) is 38.1 Å². The van der Waals surface area contributed by atoms with E-state index in [1.54, 1.807) is 34.6 Å². The molecule has 0 saturated heterocycles. The number of hydrogen-bond acceptors (Lipinski definition) is 10. The minimum Gasteiger partial charge on any atom is -0.378 e. The summed E-state index contributed by atoms with van der Waals surface area (Å²) in [6, 6.07) is 25.7. The molecule has 8 nitrogen and oxygen atoms in total. The molecule has 0 fully saturated rings. The summed E-state index contributed by atoms with van der Waals surface area (Å²) in [6.45, 7) is 4.29. The summed E-state index contributed by atoms with van der Waals surface area (Å²) in [6.07, 6.45) is 3.76. The van der Waals surface area contributed by atoms with Crippen LogP contribution >= 0.6 is 34.4 Å². The predicted molar refractivity (Wildman–Crippen MR) is 212 cm³/mol. The second kappa shape index (κ2) is 12.6. The topological polar surface area (TPSA) is 86.8 Å². The van der Waals surface area contributed by atoms with Crippen molar-refractivity contribution in [2.24, 2.45) is 7.05 Å². The van der Waals surface area contributed by atoms with E-state index in [1.165, 1.54) is 38.1 Å². The highest BCUT2D eigenvalue weighted by Gasteiger charge is 2.26. The molecule has 5 heterocycles. The number of fused-ring (bicyclic) bond motifs is 3. The van der Waals surface area contributed by atoms with Gasteiger partial charge in [-0.15, -0.1) is 22.7 Å². The molecule has 8 aromatic rings. The molecule has 0 spiro atoms. The lowest BCUT2D eigenvalue weighted by molar-refractivity contribution is 0.929. The third-order valence-electron chi connectivity index (χ3n) is 9.35. The van der Waals surface area contributed by atoms with Gasteiger partial charge in [-0.3, -0.25) is 4.90 Å². The van der Waals surface area contributed by atoms with Gasteiger partial charge in [0.2, 0.25) is 0 Å². The van der Waals surface area contributed by atoms with Gasteiger partial charge in [0.25, 0.3) is 0 Å². The van der Waals surface area contributed by atoms with Crippen molar-refractivity contribution >= 4 is 78.1 Å². The van der Waals surface area contributed by atoms with Crippen molar-refractivity contribution < 1.29 is 0 Å². The van der Waals surface area contributed by atoms with Gasteiger partial charge in [0.15, 0.2) is 6.19 Å². The molecule has 0 bridgehead atoms. The number of benzene rings is 3. The lowest BCUT2D eigenvalue weighted by Gasteiger charge is -2.15. The smallest absolute Gasteiger partial charge is 0.183 e. The maximum absolute atomic E-state index is 9.29. The summed E-state index contributed by atoms with van der Waals surface area (Å²) in [4.78, 5) is 17.8. The Morgan fingerprint density at radius 2 is 1.26 bits per heavy atom. The van der Waals surface area contributed by atoms with Crippen LogP contribution in [0.4, 0.5) is 11.4 Å². The van der Waals surface area contributed by atoms with Crippen LogP contribution < -0.4 is 9.80 Å². The molecular weight excluding hydrogens is 677 g/mol. The maximum Gasteiger partial charge on any atom is 0.183 e. The van der Waals surface area contributed by atoms with E-state index in [2.05, 4.69) is 111 Å². The van der Waals surface area contributed by atoms with E-state index in [4.69, 9.17) is 18.7 Å². The van der Waals surface area contributed by atoms with E-state index in [1.807, 2.05) is 12.1 Å². The van der Waals surface area contributed by atoms with Gasteiger partial charge in [-0.05, 0) is 72.5 Å². The Kier molecular flexibility index (Phi) is 8.10. The van der Waals surface area contributed by atoms with E-state index < -0.39 is 0 Å². The molecule has 0 atom stereocenters. The number of hydrogen-bond donors (Lipinski definition) is 0. The summed E-state index contributed by atoms with van der Waals surface area (Å²) < 4.78 is 13.3. The van der Waals surface area contributed by atoms with Gasteiger partial charge in [0, 0.05) is 54.1 Å². The SMILES string of the molecule is CCc1nc2c(-c3ccc(-c4ccc(N(C)C#N)cc4)s3)c3nsnc3c(-c3cc4sc(-c5ccc(N(C)C)cc5)cc4n3C)c2nc1CC. The molecule has 0 amide bonds. The molecule has 50 heavy (non-hydrogen) atoms. The Hall–Kier alpha value is -5.15. The molecule has 8 rings (SSSR count). The number of thiophene rings is 2. The zero-order valence-electron chi connectivity index (χ0n) is 28.6. The van der Waals surface area contributed by atoms with Gasteiger partial charge in [-0.2, -0.15) is 14.0 Å². The van der Waals surface area contributed by atoms with Crippen LogP contribution in [-0.2, 0) is 19.9 Å². The summed E-state index contributed by atoms with van der Waals surface area (Å²) in [7, 11) is 8.02. The lowest BCUT2D eigenvalue weighted by atomic mass is 10.00. The number of rotatable bonds is 8. The first-order valence-electron chi connectivity index (χ1n) is 16.5. The molecule has 0 aliphatic rings. The highest BCUT2D eigenvalue weighted by atomic mass is 32.1. The number of aryl methyl sites for hydroxylation is 3. The number of aromatic nitrogens is 5. The minimum atomic E-state index is 0.797. The second-order valence-electron chi connectivity index (χ2n) is 12.5. The zero-order valence-corrected chi connectivity index (χ0v) is 31.1. The molecule has 0 aliphatic carbocycles.